The fourth-order valence-corrected chi connectivity index (χ4v) is 3.89. The number of benzene rings is 2. The minimum Gasteiger partial charge on any atom is -0.441 e. The second kappa shape index (κ2) is 9.71. The average Bonchev–Trinajstić information content (AvgIpc) is 3.43. The summed E-state index contributed by atoms with van der Waals surface area (Å²) in [5.41, 5.74) is 5.51. The van der Waals surface area contributed by atoms with Gasteiger partial charge in [0, 0.05) is 35.9 Å². The number of thiazole rings is 1. The number of nitrogens with zero attached hydrogens (tertiary/aromatic N) is 2. The van der Waals surface area contributed by atoms with Gasteiger partial charge in [0.25, 0.3) is 0 Å². The first-order chi connectivity index (χ1) is 15.1. The number of aryl methyl sites for hydroxylation is 3. The Morgan fingerprint density at radius 1 is 1.00 bits per heavy atom. The summed E-state index contributed by atoms with van der Waals surface area (Å²) in [6.07, 6.45) is 3.35. The van der Waals surface area contributed by atoms with E-state index in [0.717, 1.165) is 34.0 Å². The molecule has 2 aromatic carbocycles. The van der Waals surface area contributed by atoms with Crippen LogP contribution in [-0.4, -0.2) is 22.4 Å². The molecule has 0 spiro atoms. The van der Waals surface area contributed by atoms with Gasteiger partial charge in [-0.3, -0.25) is 4.79 Å². The van der Waals surface area contributed by atoms with Gasteiger partial charge in [-0.05, 0) is 25.8 Å². The molecule has 2 heterocycles. The third-order valence-corrected chi connectivity index (χ3v) is 5.83. The van der Waals surface area contributed by atoms with E-state index in [2.05, 4.69) is 44.9 Å². The predicted molar refractivity (Wildman–Crippen MR) is 124 cm³/mol. The first-order valence-corrected chi connectivity index (χ1v) is 11.2. The Bertz CT molecular complexity index is 1140. The van der Waals surface area contributed by atoms with Crippen LogP contribution in [0, 0.1) is 13.8 Å². The maximum atomic E-state index is 12.2. The topological polar surface area (TPSA) is 68.0 Å². The maximum absolute atomic E-state index is 12.2. The average molecular weight is 432 g/mol. The molecule has 2 aromatic heterocycles. The van der Waals surface area contributed by atoms with E-state index in [1.165, 1.54) is 11.1 Å². The van der Waals surface area contributed by atoms with Crippen LogP contribution < -0.4 is 5.32 Å². The van der Waals surface area contributed by atoms with Crippen LogP contribution >= 0.6 is 11.3 Å². The van der Waals surface area contributed by atoms with Crippen molar-refractivity contribution in [3.8, 4) is 22.6 Å². The number of carbonyl (C=O) groups is 1. The van der Waals surface area contributed by atoms with Crippen molar-refractivity contribution in [3.05, 3.63) is 82.1 Å². The van der Waals surface area contributed by atoms with E-state index < -0.39 is 0 Å². The Labute approximate surface area is 186 Å². The molecule has 0 aliphatic heterocycles. The van der Waals surface area contributed by atoms with E-state index in [4.69, 9.17) is 4.42 Å². The van der Waals surface area contributed by atoms with Gasteiger partial charge < -0.3 is 9.73 Å². The normalized spacial score (nSPS) is 10.9. The van der Waals surface area contributed by atoms with Gasteiger partial charge in [0.15, 0.2) is 11.7 Å². The van der Waals surface area contributed by atoms with Crippen LogP contribution in [0.25, 0.3) is 22.6 Å². The molecular weight excluding hydrogens is 406 g/mol. The van der Waals surface area contributed by atoms with Crippen molar-refractivity contribution in [2.45, 2.75) is 33.1 Å². The number of hydrogen-bond donors (Lipinski definition) is 1. The summed E-state index contributed by atoms with van der Waals surface area (Å²) < 4.78 is 5.79. The Morgan fingerprint density at radius 3 is 2.45 bits per heavy atom. The number of nitrogens with one attached hydrogen (secondary N) is 1. The van der Waals surface area contributed by atoms with Crippen molar-refractivity contribution >= 4 is 17.2 Å². The van der Waals surface area contributed by atoms with E-state index in [9.17, 15) is 4.79 Å². The fraction of sp³-hybridized carbons (Fsp3) is 0.240. The molecule has 0 aliphatic carbocycles. The molecule has 31 heavy (non-hydrogen) atoms. The van der Waals surface area contributed by atoms with E-state index in [-0.39, 0.29) is 5.91 Å². The zero-order valence-corrected chi connectivity index (χ0v) is 18.5. The van der Waals surface area contributed by atoms with Gasteiger partial charge in [0.05, 0.1) is 16.9 Å². The van der Waals surface area contributed by atoms with Crippen molar-refractivity contribution < 1.29 is 9.21 Å². The van der Waals surface area contributed by atoms with Gasteiger partial charge >= 0.3 is 0 Å². The van der Waals surface area contributed by atoms with Gasteiger partial charge in [0.2, 0.25) is 5.91 Å². The molecule has 0 radical (unpaired) electrons. The molecule has 0 atom stereocenters. The molecule has 4 rings (SSSR count). The molecule has 0 saturated carbocycles. The molecule has 4 aromatic rings. The third-order valence-electron chi connectivity index (χ3n) is 5.06. The van der Waals surface area contributed by atoms with Gasteiger partial charge in [-0.15, -0.1) is 11.3 Å². The Morgan fingerprint density at radius 2 is 1.74 bits per heavy atom. The van der Waals surface area contributed by atoms with Gasteiger partial charge in [-0.1, -0.05) is 54.1 Å². The predicted octanol–water partition coefficient (Wildman–Crippen LogP) is 5.37. The smallest absolute Gasteiger partial charge is 0.220 e. The molecule has 1 N–H and O–H groups in total. The summed E-state index contributed by atoms with van der Waals surface area (Å²) in [5, 5.41) is 6.12. The Hall–Kier alpha value is -3.25. The first kappa shape index (κ1) is 21.0. The molecule has 1 amide bonds. The summed E-state index contributed by atoms with van der Waals surface area (Å²) >= 11 is 1.65. The summed E-state index contributed by atoms with van der Waals surface area (Å²) in [7, 11) is 0. The third kappa shape index (κ3) is 5.67. The molecule has 5 nitrogen and oxygen atoms in total. The molecule has 0 saturated heterocycles. The molecule has 0 unspecified atom stereocenters. The lowest BCUT2D eigenvalue weighted by Crippen LogP contribution is -2.25. The number of hydrogen-bond acceptors (Lipinski definition) is 5. The van der Waals surface area contributed by atoms with E-state index in [1.807, 2.05) is 38.1 Å². The number of carbonyl (C=O) groups excluding carboxylic acids is 1. The highest BCUT2D eigenvalue weighted by atomic mass is 32.1. The zero-order chi connectivity index (χ0) is 21.6. The van der Waals surface area contributed by atoms with Gasteiger partial charge in [-0.2, -0.15) is 0 Å². The standard InChI is InChI=1S/C25H25N3O2S/c1-17-3-7-21(8-4-17)23-15-27-25(30-23)12-11-24(29)26-14-13-19-5-9-20(10-6-19)22-16-31-18(2)28-22/h3-10,15-16H,11-14H2,1-2H3,(H,26,29). The van der Waals surface area contributed by atoms with Crippen molar-refractivity contribution in [2.24, 2.45) is 0 Å². The number of amides is 1. The molecule has 6 heteroatoms. The van der Waals surface area contributed by atoms with Crippen LogP contribution in [0.1, 0.15) is 28.4 Å². The maximum Gasteiger partial charge on any atom is 0.220 e. The SMILES string of the molecule is Cc1ccc(-c2cnc(CCC(=O)NCCc3ccc(-c4csc(C)n4)cc3)o2)cc1. The second-order valence-corrected chi connectivity index (χ2v) is 8.60. The molecule has 0 aliphatic rings. The van der Waals surface area contributed by atoms with Gasteiger partial charge in [-0.25, -0.2) is 9.97 Å². The van der Waals surface area contributed by atoms with Gasteiger partial charge in [0.1, 0.15) is 0 Å². The zero-order valence-electron chi connectivity index (χ0n) is 17.7. The second-order valence-electron chi connectivity index (χ2n) is 7.53. The lowest BCUT2D eigenvalue weighted by atomic mass is 10.1. The number of rotatable bonds is 8. The van der Waals surface area contributed by atoms with Crippen molar-refractivity contribution in [1.29, 1.82) is 0 Å². The van der Waals surface area contributed by atoms with E-state index in [1.54, 1.807) is 17.5 Å². The molecule has 0 bridgehead atoms. The lowest BCUT2D eigenvalue weighted by Gasteiger charge is -2.05. The van der Waals surface area contributed by atoms with Crippen LogP contribution in [0.4, 0.5) is 0 Å². The first-order valence-electron chi connectivity index (χ1n) is 10.4. The quantitative estimate of drug-likeness (QED) is 0.407. The molecule has 158 valence electrons. The summed E-state index contributed by atoms with van der Waals surface area (Å²) in [5.74, 6) is 1.31. The minimum atomic E-state index is 0.00431. The van der Waals surface area contributed by atoms with Crippen molar-refractivity contribution in [2.75, 3.05) is 6.54 Å². The van der Waals surface area contributed by atoms with Crippen LogP contribution in [-0.2, 0) is 17.6 Å². The van der Waals surface area contributed by atoms with Crippen LogP contribution in [0.2, 0.25) is 0 Å². The molecular formula is C25H25N3O2S. The fourth-order valence-electron chi connectivity index (χ4n) is 3.27. The van der Waals surface area contributed by atoms with Crippen LogP contribution in [0.5, 0.6) is 0 Å². The largest absolute Gasteiger partial charge is 0.441 e. The summed E-state index contributed by atoms with van der Waals surface area (Å²) in [6.45, 7) is 4.66. The highest BCUT2D eigenvalue weighted by Gasteiger charge is 2.09. The highest BCUT2D eigenvalue weighted by Crippen LogP contribution is 2.22. The Kier molecular flexibility index (Phi) is 6.57. The highest BCUT2D eigenvalue weighted by molar-refractivity contribution is 7.09. The van der Waals surface area contributed by atoms with E-state index in [0.29, 0.717) is 25.3 Å². The minimum absolute atomic E-state index is 0.00431. The molecule has 0 fully saturated rings. The summed E-state index contributed by atoms with van der Waals surface area (Å²) in [6, 6.07) is 16.5. The lowest BCUT2D eigenvalue weighted by molar-refractivity contribution is -0.121. The summed E-state index contributed by atoms with van der Waals surface area (Å²) in [4.78, 5) is 21.0. The van der Waals surface area contributed by atoms with E-state index >= 15 is 0 Å². The number of oxazole rings is 1. The van der Waals surface area contributed by atoms with Crippen LogP contribution in [0.15, 0.2) is 64.5 Å². The van der Waals surface area contributed by atoms with Crippen LogP contribution in [0.3, 0.4) is 0 Å². The van der Waals surface area contributed by atoms with Crippen molar-refractivity contribution in [3.63, 3.8) is 0 Å². The van der Waals surface area contributed by atoms with Crippen molar-refractivity contribution in [1.82, 2.24) is 15.3 Å². The number of aromatic nitrogens is 2. The Balaban J connectivity index is 1.21. The monoisotopic (exact) mass is 431 g/mol.